The first-order valence-electron chi connectivity index (χ1n) is 7.22. The van der Waals surface area contributed by atoms with Crippen molar-refractivity contribution in [1.82, 2.24) is 10.2 Å². The molecule has 0 spiro atoms. The molecule has 1 rings (SSSR count). The van der Waals surface area contributed by atoms with Gasteiger partial charge in [0.25, 0.3) is 0 Å². The van der Waals surface area contributed by atoms with E-state index in [-0.39, 0.29) is 0 Å². The van der Waals surface area contributed by atoms with Gasteiger partial charge in [-0.25, -0.2) is 9.59 Å². The standard InChI is InChI=1S/C14H26N2O4/c1-14(2,3)20-13(19)15-11(12(17)18)7-10-16-8-5-4-6-9-16/h11H,4-10H2,1-3H3,(H,15,19)(H,17,18). The maximum absolute atomic E-state index is 11.6. The van der Waals surface area contributed by atoms with Crippen LogP contribution in [0.15, 0.2) is 0 Å². The highest BCUT2D eigenvalue weighted by Gasteiger charge is 2.24. The smallest absolute Gasteiger partial charge is 0.408 e. The summed E-state index contributed by atoms with van der Waals surface area (Å²) in [6, 6.07) is -0.897. The van der Waals surface area contributed by atoms with E-state index in [0.717, 1.165) is 25.9 Å². The Kier molecular flexibility index (Phi) is 6.26. The molecule has 0 radical (unpaired) electrons. The van der Waals surface area contributed by atoms with E-state index in [9.17, 15) is 9.59 Å². The molecule has 1 heterocycles. The Morgan fingerprint density at radius 2 is 1.85 bits per heavy atom. The van der Waals surface area contributed by atoms with E-state index >= 15 is 0 Å². The minimum absolute atomic E-state index is 0.397. The van der Waals surface area contributed by atoms with Gasteiger partial charge < -0.3 is 20.1 Å². The summed E-state index contributed by atoms with van der Waals surface area (Å²) < 4.78 is 5.08. The summed E-state index contributed by atoms with van der Waals surface area (Å²) in [7, 11) is 0. The Morgan fingerprint density at radius 1 is 1.25 bits per heavy atom. The third-order valence-corrected chi connectivity index (χ3v) is 3.17. The molecule has 1 aliphatic rings. The zero-order chi connectivity index (χ0) is 15.2. The monoisotopic (exact) mass is 286 g/mol. The van der Waals surface area contributed by atoms with Crippen LogP contribution in [-0.4, -0.2) is 53.3 Å². The van der Waals surface area contributed by atoms with E-state index in [1.165, 1.54) is 6.42 Å². The second kappa shape index (κ2) is 7.47. The lowest BCUT2D eigenvalue weighted by Crippen LogP contribution is -2.45. The minimum Gasteiger partial charge on any atom is -0.480 e. The molecule has 0 aromatic carbocycles. The normalized spacial score (nSPS) is 18.4. The molecule has 0 aromatic heterocycles. The molecule has 1 saturated heterocycles. The Hall–Kier alpha value is -1.30. The number of carbonyl (C=O) groups is 2. The first kappa shape index (κ1) is 16.8. The van der Waals surface area contributed by atoms with Crippen molar-refractivity contribution in [1.29, 1.82) is 0 Å². The number of hydrogen-bond donors (Lipinski definition) is 2. The van der Waals surface area contributed by atoms with E-state index in [1.807, 2.05) is 0 Å². The largest absolute Gasteiger partial charge is 0.480 e. The maximum atomic E-state index is 11.6. The molecule has 2 N–H and O–H groups in total. The van der Waals surface area contributed by atoms with E-state index in [4.69, 9.17) is 9.84 Å². The van der Waals surface area contributed by atoms with Crippen molar-refractivity contribution in [2.45, 2.75) is 58.1 Å². The topological polar surface area (TPSA) is 78.9 Å². The predicted octanol–water partition coefficient (Wildman–Crippen LogP) is 1.84. The number of aliphatic carboxylic acids is 1. The Bertz CT molecular complexity index is 333. The predicted molar refractivity (Wildman–Crippen MR) is 75.7 cm³/mol. The van der Waals surface area contributed by atoms with Crippen LogP contribution in [-0.2, 0) is 9.53 Å². The highest BCUT2D eigenvalue weighted by molar-refractivity contribution is 5.79. The van der Waals surface area contributed by atoms with Gasteiger partial charge in [0, 0.05) is 6.54 Å². The molecule has 0 aromatic rings. The zero-order valence-electron chi connectivity index (χ0n) is 12.6. The number of hydrogen-bond acceptors (Lipinski definition) is 4. The molecule has 6 nitrogen and oxygen atoms in total. The van der Waals surface area contributed by atoms with E-state index in [2.05, 4.69) is 10.2 Å². The summed E-state index contributed by atoms with van der Waals surface area (Å²) in [5.74, 6) is -1.02. The number of carboxylic acids is 1. The highest BCUT2D eigenvalue weighted by atomic mass is 16.6. The fourth-order valence-corrected chi connectivity index (χ4v) is 2.20. The Balaban J connectivity index is 2.39. The lowest BCUT2D eigenvalue weighted by molar-refractivity contribution is -0.139. The lowest BCUT2D eigenvalue weighted by Gasteiger charge is -2.28. The fraction of sp³-hybridized carbons (Fsp3) is 0.857. The van der Waals surface area contributed by atoms with Crippen LogP contribution in [0.3, 0.4) is 0 Å². The van der Waals surface area contributed by atoms with E-state index in [0.29, 0.717) is 13.0 Å². The van der Waals surface area contributed by atoms with Gasteiger partial charge in [-0.2, -0.15) is 0 Å². The van der Waals surface area contributed by atoms with Crippen molar-refractivity contribution in [3.8, 4) is 0 Å². The van der Waals surface area contributed by atoms with Gasteiger partial charge >= 0.3 is 12.1 Å². The molecule has 20 heavy (non-hydrogen) atoms. The lowest BCUT2D eigenvalue weighted by atomic mass is 10.1. The fourth-order valence-electron chi connectivity index (χ4n) is 2.20. The molecule has 1 unspecified atom stereocenters. The Morgan fingerprint density at radius 3 is 2.35 bits per heavy atom. The third-order valence-electron chi connectivity index (χ3n) is 3.17. The first-order chi connectivity index (χ1) is 9.28. The average molecular weight is 286 g/mol. The number of ether oxygens (including phenoxy) is 1. The summed E-state index contributed by atoms with van der Waals surface area (Å²) in [5, 5.41) is 11.6. The molecule has 0 saturated carbocycles. The molecule has 1 aliphatic heterocycles. The molecular weight excluding hydrogens is 260 g/mol. The summed E-state index contributed by atoms with van der Waals surface area (Å²) >= 11 is 0. The molecule has 116 valence electrons. The maximum Gasteiger partial charge on any atom is 0.408 e. The third kappa shape index (κ3) is 6.75. The summed E-state index contributed by atoms with van der Waals surface area (Å²) in [6.07, 6.45) is 3.29. The number of piperidine rings is 1. The molecule has 1 fully saturated rings. The molecule has 1 atom stereocenters. The number of rotatable bonds is 5. The van der Waals surface area contributed by atoms with Gasteiger partial charge in [0.2, 0.25) is 0 Å². The molecule has 1 amide bonds. The van der Waals surface area contributed by atoms with Crippen molar-refractivity contribution < 1.29 is 19.4 Å². The highest BCUT2D eigenvalue weighted by Crippen LogP contribution is 2.10. The van der Waals surface area contributed by atoms with Crippen molar-refractivity contribution in [3.05, 3.63) is 0 Å². The zero-order valence-corrected chi connectivity index (χ0v) is 12.6. The second-order valence-electron chi connectivity index (χ2n) is 6.23. The van der Waals surface area contributed by atoms with Crippen LogP contribution in [0.1, 0.15) is 46.5 Å². The van der Waals surface area contributed by atoms with Gasteiger partial charge in [-0.3, -0.25) is 0 Å². The van der Waals surface area contributed by atoms with Crippen molar-refractivity contribution in [2.24, 2.45) is 0 Å². The second-order valence-corrected chi connectivity index (χ2v) is 6.23. The molecule has 0 bridgehead atoms. The number of carboxylic acid groups (broad SMARTS) is 1. The number of nitrogens with one attached hydrogen (secondary N) is 1. The van der Waals surface area contributed by atoms with Crippen LogP contribution in [0.5, 0.6) is 0 Å². The summed E-state index contributed by atoms with van der Waals surface area (Å²) in [4.78, 5) is 25.0. The van der Waals surface area contributed by atoms with Crippen molar-refractivity contribution in [2.75, 3.05) is 19.6 Å². The quantitative estimate of drug-likeness (QED) is 0.806. The van der Waals surface area contributed by atoms with Gasteiger partial charge in [-0.1, -0.05) is 6.42 Å². The first-order valence-corrected chi connectivity index (χ1v) is 7.22. The number of nitrogens with zero attached hydrogens (tertiary/aromatic N) is 1. The number of likely N-dealkylation sites (tertiary alicyclic amines) is 1. The van der Waals surface area contributed by atoms with Gasteiger partial charge in [-0.15, -0.1) is 0 Å². The van der Waals surface area contributed by atoms with Gasteiger partial charge in [0.15, 0.2) is 0 Å². The SMILES string of the molecule is CC(C)(C)OC(=O)NC(CCN1CCCCC1)C(=O)O. The van der Waals surface area contributed by atoms with E-state index in [1.54, 1.807) is 20.8 Å². The number of alkyl carbamates (subject to hydrolysis) is 1. The van der Waals surface area contributed by atoms with Crippen molar-refractivity contribution in [3.63, 3.8) is 0 Å². The van der Waals surface area contributed by atoms with Crippen LogP contribution in [0.2, 0.25) is 0 Å². The summed E-state index contributed by atoms with van der Waals surface area (Å²) in [6.45, 7) is 7.95. The van der Waals surface area contributed by atoms with Gasteiger partial charge in [0.1, 0.15) is 11.6 Å². The number of carbonyl (C=O) groups excluding carboxylic acids is 1. The van der Waals surface area contributed by atoms with Crippen LogP contribution in [0, 0.1) is 0 Å². The van der Waals surface area contributed by atoms with Gasteiger partial charge in [-0.05, 0) is 53.1 Å². The Labute approximate surface area is 120 Å². The number of amides is 1. The van der Waals surface area contributed by atoms with E-state index < -0.39 is 23.7 Å². The minimum atomic E-state index is -1.02. The van der Waals surface area contributed by atoms with Crippen LogP contribution >= 0.6 is 0 Å². The molecule has 0 aliphatic carbocycles. The van der Waals surface area contributed by atoms with Crippen LogP contribution < -0.4 is 5.32 Å². The molecule has 6 heteroatoms. The molecular formula is C14H26N2O4. The summed E-state index contributed by atoms with van der Waals surface area (Å²) in [5.41, 5.74) is -0.625. The van der Waals surface area contributed by atoms with Crippen molar-refractivity contribution >= 4 is 12.1 Å². The van der Waals surface area contributed by atoms with Crippen LogP contribution in [0.25, 0.3) is 0 Å². The average Bonchev–Trinajstić information content (AvgIpc) is 2.33. The van der Waals surface area contributed by atoms with Crippen LogP contribution in [0.4, 0.5) is 4.79 Å². The van der Waals surface area contributed by atoms with Gasteiger partial charge in [0.05, 0.1) is 0 Å².